The van der Waals surface area contributed by atoms with Crippen molar-refractivity contribution in [3.63, 3.8) is 0 Å². The number of hydrogen-bond acceptors (Lipinski definition) is 2. The van der Waals surface area contributed by atoms with Gasteiger partial charge in [0.25, 0.3) is 0 Å². The highest BCUT2D eigenvalue weighted by atomic mass is 32.1. The second-order valence-corrected chi connectivity index (χ2v) is 2.99. The van der Waals surface area contributed by atoms with Crippen LogP contribution in [0.25, 0.3) is 0 Å². The molecule has 0 bridgehead atoms. The van der Waals surface area contributed by atoms with Crippen LogP contribution in [-0.2, 0) is 0 Å². The van der Waals surface area contributed by atoms with Crippen LogP contribution in [0.4, 0.5) is 0 Å². The Kier molecular flexibility index (Phi) is 1.92. The maximum atomic E-state index is 5.25. The molecule has 1 radical (unpaired) electrons. The predicted octanol–water partition coefficient (Wildman–Crippen LogP) is 2.66. The summed E-state index contributed by atoms with van der Waals surface area (Å²) >= 11 is 5.12. The first-order valence-corrected chi connectivity index (χ1v) is 4.12. The summed E-state index contributed by atoms with van der Waals surface area (Å²) in [4.78, 5) is 0.785. The minimum absolute atomic E-state index is 0.0972. The topological polar surface area (TPSA) is 13.1 Å². The van der Waals surface area contributed by atoms with Crippen LogP contribution in [0.3, 0.4) is 0 Å². The predicted molar refractivity (Wildman–Crippen MR) is 51.0 cm³/mol. The molecule has 0 fully saturated rings. The maximum Gasteiger partial charge on any atom is 0.115 e. The monoisotopic (exact) mass is 175 g/mol. The lowest BCUT2D eigenvalue weighted by atomic mass is 9.98. The van der Waals surface area contributed by atoms with Gasteiger partial charge >= 0.3 is 0 Å². The summed E-state index contributed by atoms with van der Waals surface area (Å²) in [5.74, 6) is 0.983. The van der Waals surface area contributed by atoms with Crippen molar-refractivity contribution >= 4 is 17.1 Å². The van der Waals surface area contributed by atoms with E-state index in [1.807, 2.05) is 30.4 Å². The van der Waals surface area contributed by atoms with Crippen LogP contribution in [-0.4, -0.2) is 4.86 Å². The number of thiocarbonyl (C=S) groups is 1. The van der Waals surface area contributed by atoms with E-state index in [0.717, 1.165) is 10.6 Å². The van der Waals surface area contributed by atoms with Gasteiger partial charge in [-0.3, -0.25) is 0 Å². The Morgan fingerprint density at radius 3 is 3.08 bits per heavy atom. The van der Waals surface area contributed by atoms with Gasteiger partial charge in [-0.1, -0.05) is 30.4 Å². The van der Waals surface area contributed by atoms with E-state index in [2.05, 4.69) is 6.08 Å². The van der Waals surface area contributed by atoms with E-state index in [1.54, 1.807) is 6.26 Å². The molecule has 2 rings (SSSR count). The van der Waals surface area contributed by atoms with Crippen molar-refractivity contribution in [1.29, 1.82) is 0 Å². The highest BCUT2D eigenvalue weighted by molar-refractivity contribution is 7.80. The first kappa shape index (κ1) is 7.50. The lowest BCUT2D eigenvalue weighted by Gasteiger charge is -2.09. The van der Waals surface area contributed by atoms with Crippen molar-refractivity contribution < 1.29 is 4.42 Å². The van der Waals surface area contributed by atoms with E-state index >= 15 is 0 Å². The summed E-state index contributed by atoms with van der Waals surface area (Å²) in [6, 6.07) is 3.79. The Morgan fingerprint density at radius 2 is 2.42 bits per heavy atom. The van der Waals surface area contributed by atoms with Gasteiger partial charge in [0, 0.05) is 4.86 Å². The lowest BCUT2D eigenvalue weighted by Crippen LogP contribution is -2.06. The Bertz CT molecular complexity index is 333. The fourth-order valence-corrected chi connectivity index (χ4v) is 1.43. The van der Waals surface area contributed by atoms with Crippen LogP contribution in [0.1, 0.15) is 11.7 Å². The molecule has 59 valence electrons. The minimum Gasteiger partial charge on any atom is -0.468 e. The van der Waals surface area contributed by atoms with Crippen molar-refractivity contribution in [3.05, 3.63) is 48.5 Å². The van der Waals surface area contributed by atoms with Crippen molar-refractivity contribution in [2.45, 2.75) is 5.92 Å². The smallest absolute Gasteiger partial charge is 0.115 e. The number of hydrogen-bond donors (Lipinski definition) is 0. The van der Waals surface area contributed by atoms with Gasteiger partial charge in [-0.05, 0) is 18.2 Å². The average Bonchev–Trinajstić information content (AvgIpc) is 2.57. The van der Waals surface area contributed by atoms with Gasteiger partial charge in [-0.25, -0.2) is 0 Å². The SMILES string of the molecule is S=C1[C]=CC=CC1c1ccco1. The lowest BCUT2D eigenvalue weighted by molar-refractivity contribution is 0.515. The molecule has 0 saturated carbocycles. The third kappa shape index (κ3) is 1.25. The molecule has 1 aromatic rings. The van der Waals surface area contributed by atoms with Crippen LogP contribution < -0.4 is 0 Å². The molecule has 1 aliphatic carbocycles. The van der Waals surface area contributed by atoms with Crippen LogP contribution in [0, 0.1) is 6.08 Å². The normalized spacial score (nSPS) is 21.7. The molecule has 12 heavy (non-hydrogen) atoms. The van der Waals surface area contributed by atoms with E-state index in [9.17, 15) is 0 Å². The molecule has 1 heterocycles. The van der Waals surface area contributed by atoms with Crippen molar-refractivity contribution in [2.75, 3.05) is 0 Å². The van der Waals surface area contributed by atoms with Crippen LogP contribution in [0.2, 0.25) is 0 Å². The number of furan rings is 1. The second-order valence-electron chi connectivity index (χ2n) is 2.55. The molecule has 0 N–H and O–H groups in total. The van der Waals surface area contributed by atoms with Crippen LogP contribution in [0.5, 0.6) is 0 Å². The average molecular weight is 175 g/mol. The zero-order valence-electron chi connectivity index (χ0n) is 6.36. The quantitative estimate of drug-likeness (QED) is 0.609. The van der Waals surface area contributed by atoms with E-state index in [0.29, 0.717) is 0 Å². The van der Waals surface area contributed by atoms with Crippen molar-refractivity contribution in [1.82, 2.24) is 0 Å². The van der Waals surface area contributed by atoms with Gasteiger partial charge in [-0.15, -0.1) is 0 Å². The van der Waals surface area contributed by atoms with Gasteiger partial charge in [0.1, 0.15) is 5.76 Å². The van der Waals surface area contributed by atoms with Crippen LogP contribution in [0.15, 0.2) is 41.0 Å². The molecule has 1 aliphatic rings. The maximum absolute atomic E-state index is 5.25. The molecule has 1 unspecified atom stereocenters. The Balaban J connectivity index is 2.31. The minimum atomic E-state index is 0.0972. The largest absolute Gasteiger partial charge is 0.468 e. The van der Waals surface area contributed by atoms with E-state index in [1.165, 1.54) is 0 Å². The molecular formula is C10H7OS. The second kappa shape index (κ2) is 3.07. The van der Waals surface area contributed by atoms with Crippen LogP contribution >= 0.6 is 12.2 Å². The number of rotatable bonds is 1. The molecule has 1 nitrogen and oxygen atoms in total. The molecule has 0 spiro atoms. The van der Waals surface area contributed by atoms with E-state index < -0.39 is 0 Å². The molecule has 0 aliphatic heterocycles. The third-order valence-electron chi connectivity index (χ3n) is 1.76. The zero-order valence-corrected chi connectivity index (χ0v) is 7.17. The summed E-state index contributed by atoms with van der Waals surface area (Å²) in [6.45, 7) is 0. The summed E-state index contributed by atoms with van der Waals surface area (Å²) in [7, 11) is 0. The highest BCUT2D eigenvalue weighted by Gasteiger charge is 2.15. The fourth-order valence-electron chi connectivity index (χ4n) is 1.17. The molecule has 0 amide bonds. The van der Waals surface area contributed by atoms with Gasteiger partial charge < -0.3 is 4.42 Å². The number of allylic oxidation sites excluding steroid dienone is 4. The summed E-state index contributed by atoms with van der Waals surface area (Å²) in [6.07, 6.45) is 10.4. The summed E-state index contributed by atoms with van der Waals surface area (Å²) < 4.78 is 5.25. The van der Waals surface area contributed by atoms with Gasteiger partial charge in [0.2, 0.25) is 0 Å². The molecule has 1 aromatic heterocycles. The van der Waals surface area contributed by atoms with Gasteiger partial charge in [0.05, 0.1) is 12.2 Å². The molecular weight excluding hydrogens is 168 g/mol. The fraction of sp³-hybridized carbons (Fsp3) is 0.100. The zero-order chi connectivity index (χ0) is 8.39. The highest BCUT2D eigenvalue weighted by Crippen LogP contribution is 2.22. The van der Waals surface area contributed by atoms with E-state index in [-0.39, 0.29) is 5.92 Å². The first-order valence-electron chi connectivity index (χ1n) is 3.72. The summed E-state index contributed by atoms with van der Waals surface area (Å²) in [5.41, 5.74) is 0. The third-order valence-corrected chi connectivity index (χ3v) is 2.13. The molecule has 2 heteroatoms. The van der Waals surface area contributed by atoms with Crippen molar-refractivity contribution in [2.24, 2.45) is 0 Å². The molecule has 0 aromatic carbocycles. The van der Waals surface area contributed by atoms with Gasteiger partial charge in [-0.2, -0.15) is 0 Å². The van der Waals surface area contributed by atoms with Gasteiger partial charge in [0.15, 0.2) is 0 Å². The van der Waals surface area contributed by atoms with Crippen molar-refractivity contribution in [3.8, 4) is 0 Å². The Labute approximate surface area is 76.4 Å². The standard InChI is InChI=1S/C10H7OS/c12-10-6-2-1-4-8(10)9-5-3-7-11-9/h1-5,7-8H. The molecule has 0 saturated heterocycles. The van der Waals surface area contributed by atoms with E-state index in [4.69, 9.17) is 16.6 Å². The Morgan fingerprint density at radius 1 is 1.50 bits per heavy atom. The summed E-state index contributed by atoms with van der Waals surface area (Å²) in [5, 5.41) is 0. The first-order chi connectivity index (χ1) is 5.88. The molecule has 1 atom stereocenters. The Hall–Kier alpha value is -1.15.